The van der Waals surface area contributed by atoms with Gasteiger partial charge in [0.1, 0.15) is 5.54 Å². The second-order valence-electron chi connectivity index (χ2n) is 6.26. The van der Waals surface area contributed by atoms with E-state index >= 15 is 0 Å². The van der Waals surface area contributed by atoms with Gasteiger partial charge in [-0.25, -0.2) is 0 Å². The molecule has 4 heteroatoms. The van der Waals surface area contributed by atoms with Crippen molar-refractivity contribution in [3.05, 3.63) is 0 Å². The van der Waals surface area contributed by atoms with Crippen LogP contribution in [-0.2, 0) is 0 Å². The maximum atomic E-state index is 9.65. The van der Waals surface area contributed by atoms with E-state index < -0.39 is 0 Å². The van der Waals surface area contributed by atoms with E-state index in [4.69, 9.17) is 0 Å². The summed E-state index contributed by atoms with van der Waals surface area (Å²) in [7, 11) is 4.16. The van der Waals surface area contributed by atoms with Gasteiger partial charge in [-0.1, -0.05) is 6.92 Å². The molecule has 108 valence electrons. The van der Waals surface area contributed by atoms with Crippen LogP contribution < -0.4 is 5.32 Å². The zero-order valence-electron chi connectivity index (χ0n) is 12.7. The predicted molar refractivity (Wildman–Crippen MR) is 77.9 cm³/mol. The van der Waals surface area contributed by atoms with Crippen molar-refractivity contribution >= 4 is 0 Å². The molecule has 1 saturated carbocycles. The number of rotatable bonds is 5. The van der Waals surface area contributed by atoms with Crippen molar-refractivity contribution in [3.63, 3.8) is 0 Å². The van der Waals surface area contributed by atoms with Gasteiger partial charge in [-0.2, -0.15) is 5.26 Å². The lowest BCUT2D eigenvalue weighted by Crippen LogP contribution is -2.55. The monoisotopic (exact) mass is 264 g/mol. The van der Waals surface area contributed by atoms with Crippen molar-refractivity contribution in [1.29, 1.82) is 5.26 Å². The van der Waals surface area contributed by atoms with Gasteiger partial charge in [-0.15, -0.1) is 0 Å². The maximum absolute atomic E-state index is 9.65. The van der Waals surface area contributed by atoms with Crippen LogP contribution in [0, 0.1) is 17.2 Å². The average molecular weight is 264 g/mol. The van der Waals surface area contributed by atoms with E-state index in [0.29, 0.717) is 12.0 Å². The molecule has 2 fully saturated rings. The molecule has 0 aromatic rings. The van der Waals surface area contributed by atoms with Crippen molar-refractivity contribution in [2.45, 2.75) is 44.2 Å². The number of likely N-dealkylation sites (N-methyl/N-ethyl adjacent to an activating group) is 2. The Labute approximate surface area is 117 Å². The molecule has 0 bridgehead atoms. The number of hydrogen-bond acceptors (Lipinski definition) is 4. The Bertz CT molecular complexity index is 334. The molecular weight excluding hydrogens is 236 g/mol. The van der Waals surface area contributed by atoms with Crippen LogP contribution in [0.25, 0.3) is 0 Å². The molecule has 1 aliphatic heterocycles. The van der Waals surface area contributed by atoms with Crippen molar-refractivity contribution < 1.29 is 0 Å². The Morgan fingerprint density at radius 2 is 2.11 bits per heavy atom. The molecule has 4 nitrogen and oxygen atoms in total. The Balaban J connectivity index is 2.08. The van der Waals surface area contributed by atoms with Gasteiger partial charge in [-0.3, -0.25) is 4.90 Å². The maximum Gasteiger partial charge on any atom is 0.122 e. The van der Waals surface area contributed by atoms with Crippen LogP contribution in [0.1, 0.15) is 32.6 Å². The summed E-state index contributed by atoms with van der Waals surface area (Å²) in [6.07, 6.45) is 4.79. The minimum Gasteiger partial charge on any atom is -0.305 e. The first-order valence-electron chi connectivity index (χ1n) is 7.68. The molecule has 0 amide bonds. The fourth-order valence-corrected chi connectivity index (χ4v) is 3.38. The predicted octanol–water partition coefficient (Wildman–Crippen LogP) is 1.29. The highest BCUT2D eigenvalue weighted by Crippen LogP contribution is 2.40. The van der Waals surface area contributed by atoms with Gasteiger partial charge >= 0.3 is 0 Å². The van der Waals surface area contributed by atoms with E-state index in [1.54, 1.807) is 0 Å². The van der Waals surface area contributed by atoms with E-state index in [2.05, 4.69) is 35.2 Å². The van der Waals surface area contributed by atoms with Gasteiger partial charge in [0.25, 0.3) is 0 Å². The van der Waals surface area contributed by atoms with E-state index in [0.717, 1.165) is 19.6 Å². The fraction of sp³-hybridized carbons (Fsp3) is 0.933. The highest BCUT2D eigenvalue weighted by atomic mass is 15.3. The van der Waals surface area contributed by atoms with Crippen LogP contribution in [0.4, 0.5) is 0 Å². The largest absolute Gasteiger partial charge is 0.305 e. The zero-order valence-corrected chi connectivity index (χ0v) is 12.7. The van der Waals surface area contributed by atoms with E-state index in [1.165, 1.54) is 32.2 Å². The molecule has 0 aromatic heterocycles. The summed E-state index contributed by atoms with van der Waals surface area (Å²) >= 11 is 0. The summed E-state index contributed by atoms with van der Waals surface area (Å²) in [6.45, 7) is 6.58. The quantitative estimate of drug-likeness (QED) is 0.812. The number of nitrogens with zero attached hydrogens (tertiary/aromatic N) is 3. The lowest BCUT2D eigenvalue weighted by Gasteiger charge is -2.37. The smallest absolute Gasteiger partial charge is 0.122 e. The standard InChI is InChI=1S/C15H28N4/c1-4-14-10-18(3)8-5-9-19(14)12-15(11-16,17-2)13-6-7-13/h13-14,17H,4-10,12H2,1-3H3. The second-order valence-corrected chi connectivity index (χ2v) is 6.26. The fourth-order valence-electron chi connectivity index (χ4n) is 3.38. The molecule has 1 saturated heterocycles. The van der Waals surface area contributed by atoms with Crippen LogP contribution in [0.3, 0.4) is 0 Å². The highest BCUT2D eigenvalue weighted by Gasteiger charge is 2.46. The molecular formula is C15H28N4. The molecule has 2 rings (SSSR count). The van der Waals surface area contributed by atoms with Crippen LogP contribution in [-0.4, -0.2) is 61.7 Å². The summed E-state index contributed by atoms with van der Waals surface area (Å²) < 4.78 is 0. The Morgan fingerprint density at radius 3 is 2.63 bits per heavy atom. The molecule has 1 aliphatic carbocycles. The summed E-state index contributed by atoms with van der Waals surface area (Å²) in [4.78, 5) is 4.99. The first-order valence-corrected chi connectivity index (χ1v) is 7.68. The van der Waals surface area contributed by atoms with Crippen LogP contribution >= 0.6 is 0 Å². The highest BCUT2D eigenvalue weighted by molar-refractivity contribution is 5.16. The van der Waals surface area contributed by atoms with E-state index in [-0.39, 0.29) is 5.54 Å². The van der Waals surface area contributed by atoms with Gasteiger partial charge in [-0.05, 0) is 58.8 Å². The zero-order chi connectivity index (χ0) is 13.9. The third-order valence-corrected chi connectivity index (χ3v) is 4.87. The molecule has 1 heterocycles. The molecule has 19 heavy (non-hydrogen) atoms. The molecule has 2 aliphatic rings. The van der Waals surface area contributed by atoms with Crippen LogP contribution in [0.2, 0.25) is 0 Å². The number of nitrogens with one attached hydrogen (secondary N) is 1. The molecule has 1 N–H and O–H groups in total. The molecule has 0 radical (unpaired) electrons. The van der Waals surface area contributed by atoms with Gasteiger partial charge in [0, 0.05) is 19.1 Å². The topological polar surface area (TPSA) is 42.3 Å². The van der Waals surface area contributed by atoms with E-state index in [9.17, 15) is 5.26 Å². The normalized spacial score (nSPS) is 29.5. The summed E-state index contributed by atoms with van der Waals surface area (Å²) in [6, 6.07) is 3.17. The summed E-state index contributed by atoms with van der Waals surface area (Å²) in [5.74, 6) is 0.556. The summed E-state index contributed by atoms with van der Waals surface area (Å²) in [5, 5.41) is 13.0. The first-order chi connectivity index (χ1) is 9.15. The lowest BCUT2D eigenvalue weighted by atomic mass is 9.93. The Morgan fingerprint density at radius 1 is 1.37 bits per heavy atom. The van der Waals surface area contributed by atoms with Gasteiger partial charge in [0.15, 0.2) is 0 Å². The van der Waals surface area contributed by atoms with E-state index in [1.807, 2.05) is 7.05 Å². The Hall–Kier alpha value is -0.630. The Kier molecular flexibility index (Phi) is 4.83. The van der Waals surface area contributed by atoms with Gasteiger partial charge in [0.2, 0.25) is 0 Å². The van der Waals surface area contributed by atoms with Crippen molar-refractivity contribution in [1.82, 2.24) is 15.1 Å². The van der Waals surface area contributed by atoms with Crippen molar-refractivity contribution in [3.8, 4) is 6.07 Å². The third kappa shape index (κ3) is 3.28. The summed E-state index contributed by atoms with van der Waals surface area (Å²) in [5.41, 5.74) is -0.323. The molecule has 0 aromatic carbocycles. The van der Waals surface area contributed by atoms with Gasteiger partial charge < -0.3 is 10.2 Å². The van der Waals surface area contributed by atoms with Crippen molar-refractivity contribution in [2.75, 3.05) is 40.3 Å². The SMILES string of the molecule is CCC1CN(C)CCCN1CC(C#N)(NC)C1CC1. The minimum atomic E-state index is -0.323. The second kappa shape index (κ2) is 6.21. The van der Waals surface area contributed by atoms with Crippen LogP contribution in [0.15, 0.2) is 0 Å². The lowest BCUT2D eigenvalue weighted by molar-refractivity contribution is 0.142. The van der Waals surface area contributed by atoms with Gasteiger partial charge in [0.05, 0.1) is 6.07 Å². The third-order valence-electron chi connectivity index (χ3n) is 4.87. The molecule has 2 atom stereocenters. The molecule has 2 unspecified atom stereocenters. The molecule has 0 spiro atoms. The van der Waals surface area contributed by atoms with Crippen molar-refractivity contribution in [2.24, 2.45) is 5.92 Å². The minimum absolute atomic E-state index is 0.323. The number of hydrogen-bond donors (Lipinski definition) is 1. The first kappa shape index (κ1) is 14.8. The van der Waals surface area contributed by atoms with Crippen LogP contribution in [0.5, 0.6) is 0 Å². The average Bonchev–Trinajstić information content (AvgIpc) is 3.25. The number of nitriles is 1.